The summed E-state index contributed by atoms with van der Waals surface area (Å²) in [5.41, 5.74) is 10.2. The summed E-state index contributed by atoms with van der Waals surface area (Å²) in [6, 6.07) is 18.4. The third-order valence-electron chi connectivity index (χ3n) is 4.40. The average molecular weight is 344 g/mol. The monoisotopic (exact) mass is 344 g/mol. The molecule has 0 spiro atoms. The Hall–Kier alpha value is -3.25. The van der Waals surface area contributed by atoms with Gasteiger partial charge in [0.25, 0.3) is 5.95 Å². The van der Waals surface area contributed by atoms with Crippen LogP contribution in [0, 0.1) is 6.92 Å². The molecule has 0 amide bonds. The van der Waals surface area contributed by atoms with E-state index in [0.29, 0.717) is 24.9 Å². The zero-order valence-electron chi connectivity index (χ0n) is 14.6. The quantitative estimate of drug-likeness (QED) is 0.581. The van der Waals surface area contributed by atoms with Crippen molar-refractivity contribution in [3.05, 3.63) is 77.6 Å². The van der Waals surface area contributed by atoms with Crippen molar-refractivity contribution in [2.75, 3.05) is 5.32 Å². The Morgan fingerprint density at radius 2 is 1.92 bits per heavy atom. The summed E-state index contributed by atoms with van der Waals surface area (Å²) in [7, 11) is 0. The highest BCUT2D eigenvalue weighted by molar-refractivity contribution is 5.86. The van der Waals surface area contributed by atoms with Crippen LogP contribution >= 0.6 is 0 Å². The van der Waals surface area contributed by atoms with Crippen molar-refractivity contribution in [2.45, 2.75) is 20.0 Å². The van der Waals surface area contributed by atoms with Gasteiger partial charge in [-0.3, -0.25) is 4.57 Å². The first-order valence-electron chi connectivity index (χ1n) is 8.54. The molecule has 0 aliphatic carbocycles. The molecule has 2 aromatic heterocycles. The standard InChI is InChI=1S/C20H20N6/c1-14-10-17-16(11-21)8-5-9-18(17)26(14)20-24-19(13-23-25-20)22-12-15-6-3-2-4-7-15/h2-10,13H,11-12,21H2,1H3,(H,22,24,25). The molecule has 2 heterocycles. The molecule has 0 radical (unpaired) electrons. The Bertz CT molecular complexity index is 1040. The van der Waals surface area contributed by atoms with Crippen LogP contribution in [0.15, 0.2) is 60.8 Å². The fourth-order valence-corrected chi connectivity index (χ4v) is 3.13. The Morgan fingerprint density at radius 3 is 2.73 bits per heavy atom. The van der Waals surface area contributed by atoms with Crippen LogP contribution in [0.5, 0.6) is 0 Å². The Morgan fingerprint density at radius 1 is 1.08 bits per heavy atom. The number of rotatable bonds is 5. The molecule has 3 N–H and O–H groups in total. The van der Waals surface area contributed by atoms with E-state index < -0.39 is 0 Å². The van der Waals surface area contributed by atoms with E-state index >= 15 is 0 Å². The Balaban J connectivity index is 1.69. The van der Waals surface area contributed by atoms with Crippen LogP contribution in [0.4, 0.5) is 5.82 Å². The van der Waals surface area contributed by atoms with Crippen LogP contribution in [-0.4, -0.2) is 19.7 Å². The van der Waals surface area contributed by atoms with E-state index in [1.54, 1.807) is 6.20 Å². The number of fused-ring (bicyclic) bond motifs is 1. The lowest BCUT2D eigenvalue weighted by Gasteiger charge is -2.09. The highest BCUT2D eigenvalue weighted by atomic mass is 15.3. The van der Waals surface area contributed by atoms with Crippen molar-refractivity contribution in [2.24, 2.45) is 5.73 Å². The first kappa shape index (κ1) is 16.2. The van der Waals surface area contributed by atoms with Crippen LogP contribution in [0.25, 0.3) is 16.9 Å². The van der Waals surface area contributed by atoms with Gasteiger partial charge in [-0.05, 0) is 30.2 Å². The average Bonchev–Trinajstić information content (AvgIpc) is 3.03. The first-order valence-corrected chi connectivity index (χ1v) is 8.54. The normalized spacial score (nSPS) is 11.0. The zero-order chi connectivity index (χ0) is 17.9. The molecule has 0 bridgehead atoms. The largest absolute Gasteiger partial charge is 0.365 e. The summed E-state index contributed by atoms with van der Waals surface area (Å²) in [5, 5.41) is 12.8. The number of aryl methyl sites for hydroxylation is 1. The summed E-state index contributed by atoms with van der Waals surface area (Å²) in [6.07, 6.45) is 1.64. The second-order valence-corrected chi connectivity index (χ2v) is 6.16. The number of hydrogen-bond acceptors (Lipinski definition) is 5. The van der Waals surface area contributed by atoms with Crippen molar-refractivity contribution in [1.29, 1.82) is 0 Å². The van der Waals surface area contributed by atoms with Crippen molar-refractivity contribution < 1.29 is 0 Å². The molecule has 6 heteroatoms. The maximum atomic E-state index is 5.87. The first-order chi connectivity index (χ1) is 12.8. The molecular weight excluding hydrogens is 324 g/mol. The molecule has 0 unspecified atom stereocenters. The fourth-order valence-electron chi connectivity index (χ4n) is 3.13. The predicted molar refractivity (Wildman–Crippen MR) is 103 cm³/mol. The van der Waals surface area contributed by atoms with Gasteiger partial charge in [-0.15, -0.1) is 5.10 Å². The van der Waals surface area contributed by atoms with Gasteiger partial charge < -0.3 is 11.1 Å². The number of aromatic nitrogens is 4. The highest BCUT2D eigenvalue weighted by Crippen LogP contribution is 2.25. The van der Waals surface area contributed by atoms with Crippen LogP contribution in [0.1, 0.15) is 16.8 Å². The van der Waals surface area contributed by atoms with Gasteiger partial charge in [-0.25, -0.2) is 0 Å². The zero-order valence-corrected chi connectivity index (χ0v) is 14.6. The summed E-state index contributed by atoms with van der Waals surface area (Å²) in [5.74, 6) is 1.24. The minimum absolute atomic E-state index is 0.499. The van der Waals surface area contributed by atoms with Crippen molar-refractivity contribution >= 4 is 16.7 Å². The lowest BCUT2D eigenvalue weighted by atomic mass is 10.1. The SMILES string of the molecule is Cc1cc2c(CN)cccc2n1-c1nncc(NCc2ccccc2)n1. The van der Waals surface area contributed by atoms with E-state index in [4.69, 9.17) is 5.73 Å². The van der Waals surface area contributed by atoms with Crippen LogP contribution in [0.2, 0.25) is 0 Å². The van der Waals surface area contributed by atoms with E-state index in [1.807, 2.05) is 41.8 Å². The van der Waals surface area contributed by atoms with Gasteiger partial charge in [0, 0.05) is 24.2 Å². The van der Waals surface area contributed by atoms with Crippen LogP contribution < -0.4 is 11.1 Å². The molecule has 0 aliphatic heterocycles. The highest BCUT2D eigenvalue weighted by Gasteiger charge is 2.13. The lowest BCUT2D eigenvalue weighted by Crippen LogP contribution is -2.08. The van der Waals surface area contributed by atoms with Crippen molar-refractivity contribution in [3.63, 3.8) is 0 Å². The summed E-state index contributed by atoms with van der Waals surface area (Å²) in [6.45, 7) is 3.22. The minimum atomic E-state index is 0.499. The van der Waals surface area contributed by atoms with Gasteiger partial charge in [-0.1, -0.05) is 42.5 Å². The lowest BCUT2D eigenvalue weighted by molar-refractivity contribution is 0.854. The molecule has 2 aromatic carbocycles. The number of benzene rings is 2. The van der Waals surface area contributed by atoms with Crippen LogP contribution in [-0.2, 0) is 13.1 Å². The van der Waals surface area contributed by atoms with Gasteiger partial charge in [0.1, 0.15) is 0 Å². The van der Waals surface area contributed by atoms with E-state index in [-0.39, 0.29) is 0 Å². The second kappa shape index (κ2) is 6.93. The van der Waals surface area contributed by atoms with Crippen molar-refractivity contribution in [3.8, 4) is 5.95 Å². The van der Waals surface area contributed by atoms with E-state index in [1.165, 1.54) is 5.56 Å². The smallest absolute Gasteiger partial charge is 0.256 e. The summed E-state index contributed by atoms with van der Waals surface area (Å²) >= 11 is 0. The number of nitrogens with two attached hydrogens (primary N) is 1. The molecule has 0 fully saturated rings. The molecule has 0 aliphatic rings. The topological polar surface area (TPSA) is 81.7 Å². The molecule has 4 rings (SSSR count). The Kier molecular flexibility index (Phi) is 4.33. The molecular formula is C20H20N6. The third-order valence-corrected chi connectivity index (χ3v) is 4.40. The van der Waals surface area contributed by atoms with Gasteiger partial charge in [0.15, 0.2) is 5.82 Å². The molecule has 4 aromatic rings. The summed E-state index contributed by atoms with van der Waals surface area (Å²) in [4.78, 5) is 4.64. The number of anilines is 1. The van der Waals surface area contributed by atoms with E-state index in [0.717, 1.165) is 22.2 Å². The van der Waals surface area contributed by atoms with Gasteiger partial charge in [0.05, 0.1) is 11.7 Å². The predicted octanol–water partition coefficient (Wildman–Crippen LogP) is 3.19. The number of nitrogens with zero attached hydrogens (tertiary/aromatic N) is 4. The fraction of sp³-hybridized carbons (Fsp3) is 0.150. The molecule has 130 valence electrons. The number of hydrogen-bond donors (Lipinski definition) is 2. The Labute approximate surface area is 151 Å². The summed E-state index contributed by atoms with van der Waals surface area (Å²) < 4.78 is 2.01. The van der Waals surface area contributed by atoms with Crippen molar-refractivity contribution in [1.82, 2.24) is 19.7 Å². The van der Waals surface area contributed by atoms with Gasteiger partial charge in [-0.2, -0.15) is 10.1 Å². The van der Waals surface area contributed by atoms with Gasteiger partial charge in [0.2, 0.25) is 0 Å². The molecule has 6 nitrogen and oxygen atoms in total. The molecule has 26 heavy (non-hydrogen) atoms. The van der Waals surface area contributed by atoms with Crippen LogP contribution in [0.3, 0.4) is 0 Å². The van der Waals surface area contributed by atoms with E-state index in [2.05, 4.69) is 44.8 Å². The van der Waals surface area contributed by atoms with Gasteiger partial charge >= 0.3 is 0 Å². The maximum absolute atomic E-state index is 5.87. The maximum Gasteiger partial charge on any atom is 0.256 e. The minimum Gasteiger partial charge on any atom is -0.365 e. The number of nitrogens with one attached hydrogen (secondary N) is 1. The van der Waals surface area contributed by atoms with E-state index in [9.17, 15) is 0 Å². The second-order valence-electron chi connectivity index (χ2n) is 6.16. The molecule has 0 saturated heterocycles. The molecule has 0 saturated carbocycles. The molecule has 0 atom stereocenters. The third kappa shape index (κ3) is 3.02.